The van der Waals surface area contributed by atoms with Gasteiger partial charge in [-0.25, -0.2) is 0 Å². The summed E-state index contributed by atoms with van der Waals surface area (Å²) < 4.78 is 0. The van der Waals surface area contributed by atoms with Gasteiger partial charge in [-0.1, -0.05) is 0 Å². The number of nitro benzene ring substituents is 2. The van der Waals surface area contributed by atoms with Crippen molar-refractivity contribution < 1.29 is 9.85 Å². The van der Waals surface area contributed by atoms with E-state index in [1.807, 2.05) is 0 Å². The molecule has 0 bridgehead atoms. The van der Waals surface area contributed by atoms with E-state index in [-0.39, 0.29) is 11.4 Å². The maximum atomic E-state index is 10.5. The van der Waals surface area contributed by atoms with E-state index >= 15 is 0 Å². The summed E-state index contributed by atoms with van der Waals surface area (Å²) in [7, 11) is 0. The van der Waals surface area contributed by atoms with E-state index in [1.54, 1.807) is 0 Å². The average Bonchev–Trinajstić information content (AvgIpc) is 2.08. The van der Waals surface area contributed by atoms with Gasteiger partial charge in [0.1, 0.15) is 0 Å². The molecule has 0 saturated heterocycles. The van der Waals surface area contributed by atoms with E-state index in [0.717, 1.165) is 12.1 Å². The van der Waals surface area contributed by atoms with Crippen LogP contribution in [-0.2, 0) is 0 Å². The third-order valence-corrected chi connectivity index (χ3v) is 2.12. The molecule has 0 atom stereocenters. The molecule has 0 radical (unpaired) electrons. The summed E-state index contributed by atoms with van der Waals surface area (Å²) >= 11 is 0. The van der Waals surface area contributed by atoms with Crippen molar-refractivity contribution in [1.29, 1.82) is 0 Å². The minimum Gasteiger partial charge on any atom is -0.258 e. The highest BCUT2D eigenvalue weighted by Crippen LogP contribution is 2.28. The van der Waals surface area contributed by atoms with E-state index in [1.165, 1.54) is 13.8 Å². The van der Waals surface area contributed by atoms with Crippen molar-refractivity contribution in [3.8, 4) is 0 Å². The minimum absolute atomic E-state index is 0.0897. The van der Waals surface area contributed by atoms with E-state index in [4.69, 9.17) is 0 Å². The van der Waals surface area contributed by atoms with Crippen LogP contribution in [0.4, 0.5) is 11.4 Å². The highest BCUT2D eigenvalue weighted by molar-refractivity contribution is 5.54. The Bertz CT molecular complexity index is 375. The Labute approximate surface area is 79.5 Å². The van der Waals surface area contributed by atoms with Crippen LogP contribution in [0.1, 0.15) is 11.1 Å². The molecule has 1 aromatic carbocycles. The molecule has 74 valence electrons. The fraction of sp³-hybridized carbons (Fsp3) is 0.250. The van der Waals surface area contributed by atoms with Gasteiger partial charge in [-0.15, -0.1) is 0 Å². The molecular formula is C8H8N2O4. The van der Waals surface area contributed by atoms with Gasteiger partial charge in [-0.2, -0.15) is 0 Å². The van der Waals surface area contributed by atoms with Crippen molar-refractivity contribution in [1.82, 2.24) is 0 Å². The third kappa shape index (κ3) is 1.54. The lowest BCUT2D eigenvalue weighted by Gasteiger charge is -2.01. The van der Waals surface area contributed by atoms with Crippen molar-refractivity contribution in [2.75, 3.05) is 0 Å². The molecule has 0 aliphatic heterocycles. The lowest BCUT2D eigenvalue weighted by molar-refractivity contribution is -0.390. The van der Waals surface area contributed by atoms with E-state index < -0.39 is 9.85 Å². The standard InChI is InChI=1S/C8H8N2O4/c1-5-6(2)8(10(13)14)4-3-7(5)9(11)12/h3-4H,1-2H3. The molecule has 0 amide bonds. The molecular weight excluding hydrogens is 188 g/mol. The molecule has 0 aliphatic carbocycles. The monoisotopic (exact) mass is 196 g/mol. The number of nitro groups is 2. The second-order valence-corrected chi connectivity index (χ2v) is 2.87. The lowest BCUT2D eigenvalue weighted by atomic mass is 10.1. The fourth-order valence-corrected chi connectivity index (χ4v) is 1.19. The topological polar surface area (TPSA) is 86.3 Å². The molecule has 0 N–H and O–H groups in total. The third-order valence-electron chi connectivity index (χ3n) is 2.12. The molecule has 0 aromatic heterocycles. The quantitative estimate of drug-likeness (QED) is 0.535. The van der Waals surface area contributed by atoms with Gasteiger partial charge in [-0.3, -0.25) is 20.2 Å². The number of nitrogens with zero attached hydrogens (tertiary/aromatic N) is 2. The summed E-state index contributed by atoms with van der Waals surface area (Å²) in [6, 6.07) is 2.31. The first-order valence-electron chi connectivity index (χ1n) is 3.84. The minimum atomic E-state index is -0.550. The summed E-state index contributed by atoms with van der Waals surface area (Å²) in [6.45, 7) is 3.00. The summed E-state index contributed by atoms with van der Waals surface area (Å²) in [5.41, 5.74) is 0.495. The van der Waals surface area contributed by atoms with Gasteiger partial charge in [0.05, 0.1) is 9.85 Å². The fourth-order valence-electron chi connectivity index (χ4n) is 1.19. The maximum Gasteiger partial charge on any atom is 0.273 e. The van der Waals surface area contributed by atoms with Gasteiger partial charge in [0.2, 0.25) is 0 Å². The smallest absolute Gasteiger partial charge is 0.258 e. The highest BCUT2D eigenvalue weighted by atomic mass is 16.6. The van der Waals surface area contributed by atoms with Crippen LogP contribution in [-0.4, -0.2) is 9.85 Å². The average molecular weight is 196 g/mol. The Morgan fingerprint density at radius 1 is 0.929 bits per heavy atom. The van der Waals surface area contributed by atoms with Crippen LogP contribution in [0, 0.1) is 34.1 Å². The van der Waals surface area contributed by atoms with Crippen molar-refractivity contribution in [3.63, 3.8) is 0 Å². The molecule has 0 unspecified atom stereocenters. The van der Waals surface area contributed by atoms with Crippen LogP contribution in [0.2, 0.25) is 0 Å². The lowest BCUT2D eigenvalue weighted by Crippen LogP contribution is -1.98. The Kier molecular flexibility index (Phi) is 2.46. The molecule has 0 heterocycles. The van der Waals surface area contributed by atoms with E-state index in [9.17, 15) is 20.2 Å². The molecule has 0 spiro atoms. The van der Waals surface area contributed by atoms with Gasteiger partial charge < -0.3 is 0 Å². The summed E-state index contributed by atoms with van der Waals surface area (Å²) in [5.74, 6) is 0. The zero-order chi connectivity index (χ0) is 10.9. The molecule has 6 nitrogen and oxygen atoms in total. The summed E-state index contributed by atoms with van der Waals surface area (Å²) in [5, 5.41) is 21.0. The van der Waals surface area contributed by atoms with Crippen LogP contribution in [0.5, 0.6) is 0 Å². The molecule has 14 heavy (non-hydrogen) atoms. The molecule has 1 rings (SSSR count). The Morgan fingerprint density at radius 3 is 1.43 bits per heavy atom. The van der Waals surface area contributed by atoms with Crippen molar-refractivity contribution in [2.24, 2.45) is 0 Å². The maximum absolute atomic E-state index is 10.5. The van der Waals surface area contributed by atoms with Gasteiger partial charge in [0.15, 0.2) is 0 Å². The predicted molar refractivity (Wildman–Crippen MR) is 49.2 cm³/mol. The Morgan fingerprint density at radius 2 is 1.21 bits per heavy atom. The van der Waals surface area contributed by atoms with Crippen LogP contribution >= 0.6 is 0 Å². The zero-order valence-corrected chi connectivity index (χ0v) is 7.68. The van der Waals surface area contributed by atoms with Crippen LogP contribution in [0.3, 0.4) is 0 Å². The number of hydrogen-bond acceptors (Lipinski definition) is 4. The normalized spacial score (nSPS) is 9.86. The number of benzene rings is 1. The summed E-state index contributed by atoms with van der Waals surface area (Å²) in [4.78, 5) is 19.9. The van der Waals surface area contributed by atoms with Gasteiger partial charge in [0, 0.05) is 23.3 Å². The van der Waals surface area contributed by atoms with Crippen molar-refractivity contribution in [3.05, 3.63) is 43.5 Å². The molecule has 0 aliphatic rings. The van der Waals surface area contributed by atoms with Gasteiger partial charge in [0.25, 0.3) is 11.4 Å². The zero-order valence-electron chi connectivity index (χ0n) is 7.68. The Hall–Kier alpha value is -1.98. The molecule has 6 heteroatoms. The Balaban J connectivity index is 3.41. The molecule has 0 saturated carbocycles. The first kappa shape index (κ1) is 10.1. The molecule has 1 aromatic rings. The first-order chi connectivity index (χ1) is 6.45. The van der Waals surface area contributed by atoms with E-state index in [2.05, 4.69) is 0 Å². The van der Waals surface area contributed by atoms with Gasteiger partial charge in [-0.05, 0) is 13.8 Å². The SMILES string of the molecule is Cc1c([N+](=O)[O-])ccc([N+](=O)[O-])c1C. The summed E-state index contributed by atoms with van der Waals surface area (Å²) in [6.07, 6.45) is 0. The second-order valence-electron chi connectivity index (χ2n) is 2.87. The van der Waals surface area contributed by atoms with Crippen molar-refractivity contribution >= 4 is 11.4 Å². The first-order valence-corrected chi connectivity index (χ1v) is 3.84. The highest BCUT2D eigenvalue weighted by Gasteiger charge is 2.19. The van der Waals surface area contributed by atoms with E-state index in [0.29, 0.717) is 11.1 Å². The molecule has 0 fully saturated rings. The van der Waals surface area contributed by atoms with Gasteiger partial charge >= 0.3 is 0 Å². The number of rotatable bonds is 2. The predicted octanol–water partition coefficient (Wildman–Crippen LogP) is 2.12. The largest absolute Gasteiger partial charge is 0.273 e. The van der Waals surface area contributed by atoms with Crippen LogP contribution in [0.15, 0.2) is 12.1 Å². The van der Waals surface area contributed by atoms with Crippen molar-refractivity contribution in [2.45, 2.75) is 13.8 Å². The van der Waals surface area contributed by atoms with Crippen LogP contribution < -0.4 is 0 Å². The number of hydrogen-bond donors (Lipinski definition) is 0. The second kappa shape index (κ2) is 3.41. The van der Waals surface area contributed by atoms with Crippen LogP contribution in [0.25, 0.3) is 0 Å².